The molecule has 1 rings (SSSR count). The molecule has 0 bridgehead atoms. The van der Waals surface area contributed by atoms with Gasteiger partial charge < -0.3 is 14.7 Å². The van der Waals surface area contributed by atoms with Crippen molar-refractivity contribution in [2.75, 3.05) is 13.7 Å². The maximum atomic E-state index is 12.6. The third kappa shape index (κ3) is 5.19. The molecule has 116 valence electrons. The third-order valence-corrected chi connectivity index (χ3v) is 3.44. The predicted molar refractivity (Wildman–Crippen MR) is 80.2 cm³/mol. The quantitative estimate of drug-likeness (QED) is 0.800. The van der Waals surface area contributed by atoms with Gasteiger partial charge in [0.15, 0.2) is 0 Å². The van der Waals surface area contributed by atoms with Crippen LogP contribution in [-0.2, 0) is 16.1 Å². The van der Waals surface area contributed by atoms with Crippen molar-refractivity contribution in [3.05, 3.63) is 35.4 Å². The van der Waals surface area contributed by atoms with Crippen LogP contribution in [0.4, 0.5) is 0 Å². The molecule has 0 aliphatic carbocycles. The molecule has 1 unspecified atom stereocenters. The molecule has 1 aromatic carbocycles. The molecule has 0 fully saturated rings. The maximum absolute atomic E-state index is 12.6. The summed E-state index contributed by atoms with van der Waals surface area (Å²) in [5.74, 6) is -1.03. The Balaban J connectivity index is 2.93. The SMILES string of the molecule is CCC(C)N(CCC(=O)O)C(=O)c1cccc(COC)c1. The average molecular weight is 293 g/mol. The molecule has 0 aromatic heterocycles. The second-order valence-corrected chi connectivity index (χ2v) is 5.03. The van der Waals surface area contributed by atoms with E-state index in [1.165, 1.54) is 0 Å². The molecule has 0 saturated heterocycles. The van der Waals surface area contributed by atoms with E-state index in [0.717, 1.165) is 12.0 Å². The number of hydrogen-bond acceptors (Lipinski definition) is 3. The monoisotopic (exact) mass is 293 g/mol. The third-order valence-electron chi connectivity index (χ3n) is 3.44. The van der Waals surface area contributed by atoms with Crippen molar-refractivity contribution in [1.29, 1.82) is 0 Å². The molecule has 5 heteroatoms. The van der Waals surface area contributed by atoms with E-state index in [-0.39, 0.29) is 24.9 Å². The molecule has 1 atom stereocenters. The lowest BCUT2D eigenvalue weighted by atomic mass is 10.1. The van der Waals surface area contributed by atoms with Crippen molar-refractivity contribution in [3.63, 3.8) is 0 Å². The molecule has 5 nitrogen and oxygen atoms in total. The average Bonchev–Trinajstić information content (AvgIpc) is 2.47. The Labute approximate surface area is 125 Å². The van der Waals surface area contributed by atoms with Gasteiger partial charge in [0, 0.05) is 25.3 Å². The van der Waals surface area contributed by atoms with Crippen molar-refractivity contribution in [1.82, 2.24) is 4.90 Å². The summed E-state index contributed by atoms with van der Waals surface area (Å²) in [6.45, 7) is 4.57. The molecular weight excluding hydrogens is 270 g/mol. The minimum absolute atomic E-state index is 0.00271. The first-order chi connectivity index (χ1) is 9.99. The Morgan fingerprint density at radius 1 is 1.38 bits per heavy atom. The topological polar surface area (TPSA) is 66.8 Å². The number of ether oxygens (including phenoxy) is 1. The number of carboxylic acids is 1. The van der Waals surface area contributed by atoms with Crippen molar-refractivity contribution >= 4 is 11.9 Å². The normalized spacial score (nSPS) is 12.0. The second-order valence-electron chi connectivity index (χ2n) is 5.03. The van der Waals surface area contributed by atoms with E-state index in [2.05, 4.69) is 0 Å². The number of rotatable bonds is 8. The molecule has 1 amide bonds. The predicted octanol–water partition coefficient (Wildman–Crippen LogP) is 2.55. The van der Waals surface area contributed by atoms with Crippen LogP contribution in [0.1, 0.15) is 42.6 Å². The zero-order valence-corrected chi connectivity index (χ0v) is 12.8. The van der Waals surface area contributed by atoms with Crippen LogP contribution in [0, 0.1) is 0 Å². The van der Waals surface area contributed by atoms with E-state index < -0.39 is 5.97 Å². The number of carbonyl (C=O) groups excluding carboxylic acids is 1. The van der Waals surface area contributed by atoms with Crippen molar-refractivity contribution < 1.29 is 19.4 Å². The van der Waals surface area contributed by atoms with Crippen LogP contribution in [0.3, 0.4) is 0 Å². The van der Waals surface area contributed by atoms with E-state index in [1.807, 2.05) is 26.0 Å². The number of hydrogen-bond donors (Lipinski definition) is 1. The lowest BCUT2D eigenvalue weighted by Crippen LogP contribution is -2.39. The lowest BCUT2D eigenvalue weighted by molar-refractivity contribution is -0.137. The minimum Gasteiger partial charge on any atom is -0.481 e. The lowest BCUT2D eigenvalue weighted by Gasteiger charge is -2.28. The van der Waals surface area contributed by atoms with Gasteiger partial charge in [-0.05, 0) is 31.0 Å². The van der Waals surface area contributed by atoms with Crippen LogP contribution in [0.25, 0.3) is 0 Å². The summed E-state index contributed by atoms with van der Waals surface area (Å²) in [6, 6.07) is 7.25. The van der Waals surface area contributed by atoms with Crippen molar-refractivity contribution in [2.45, 2.75) is 39.3 Å². The Kier molecular flexibility index (Phi) is 6.88. The summed E-state index contributed by atoms with van der Waals surface area (Å²) in [6.07, 6.45) is 0.733. The van der Waals surface area contributed by atoms with Gasteiger partial charge >= 0.3 is 5.97 Å². The second kappa shape index (κ2) is 8.42. The van der Waals surface area contributed by atoms with E-state index in [0.29, 0.717) is 12.2 Å². The Morgan fingerprint density at radius 3 is 2.67 bits per heavy atom. The minimum atomic E-state index is -0.899. The van der Waals surface area contributed by atoms with Crippen molar-refractivity contribution in [2.24, 2.45) is 0 Å². The van der Waals surface area contributed by atoms with Crippen LogP contribution in [-0.4, -0.2) is 41.6 Å². The van der Waals surface area contributed by atoms with Gasteiger partial charge in [-0.25, -0.2) is 0 Å². The first-order valence-corrected chi connectivity index (χ1v) is 7.10. The maximum Gasteiger partial charge on any atom is 0.305 e. The van der Waals surface area contributed by atoms with E-state index in [1.54, 1.807) is 24.1 Å². The number of carbonyl (C=O) groups is 2. The fourth-order valence-electron chi connectivity index (χ4n) is 2.09. The molecule has 0 spiro atoms. The van der Waals surface area contributed by atoms with Gasteiger partial charge in [-0.2, -0.15) is 0 Å². The number of benzene rings is 1. The van der Waals surface area contributed by atoms with Crippen LogP contribution >= 0.6 is 0 Å². The van der Waals surface area contributed by atoms with Gasteiger partial charge in [-0.1, -0.05) is 19.1 Å². The Bertz CT molecular complexity index is 487. The highest BCUT2D eigenvalue weighted by Crippen LogP contribution is 2.14. The van der Waals surface area contributed by atoms with E-state index in [4.69, 9.17) is 9.84 Å². The smallest absolute Gasteiger partial charge is 0.305 e. The molecule has 0 aliphatic rings. The van der Waals surface area contributed by atoms with Gasteiger partial charge in [0.25, 0.3) is 5.91 Å². The fourth-order valence-corrected chi connectivity index (χ4v) is 2.09. The van der Waals surface area contributed by atoms with Gasteiger partial charge in [0.1, 0.15) is 0 Å². The van der Waals surface area contributed by atoms with E-state index >= 15 is 0 Å². The summed E-state index contributed by atoms with van der Waals surface area (Å²) in [5.41, 5.74) is 1.49. The highest BCUT2D eigenvalue weighted by molar-refractivity contribution is 5.94. The highest BCUT2D eigenvalue weighted by Gasteiger charge is 2.21. The molecular formula is C16H23NO4. The van der Waals surface area contributed by atoms with Crippen LogP contribution in [0.2, 0.25) is 0 Å². The van der Waals surface area contributed by atoms with Crippen LogP contribution in [0.5, 0.6) is 0 Å². The Hall–Kier alpha value is -1.88. The van der Waals surface area contributed by atoms with E-state index in [9.17, 15) is 9.59 Å². The summed E-state index contributed by atoms with van der Waals surface area (Å²) in [4.78, 5) is 25.0. The summed E-state index contributed by atoms with van der Waals surface area (Å²) >= 11 is 0. The molecule has 1 N–H and O–H groups in total. The number of nitrogens with zero attached hydrogens (tertiary/aromatic N) is 1. The molecule has 0 radical (unpaired) electrons. The summed E-state index contributed by atoms with van der Waals surface area (Å²) in [5, 5.41) is 8.83. The number of methoxy groups -OCH3 is 1. The fraction of sp³-hybridized carbons (Fsp3) is 0.500. The molecule has 0 heterocycles. The molecule has 0 aliphatic heterocycles. The summed E-state index contributed by atoms with van der Waals surface area (Å²) in [7, 11) is 1.60. The standard InChI is InChI=1S/C16H23NO4/c1-4-12(2)17(9-8-15(18)19)16(20)14-7-5-6-13(10-14)11-21-3/h5-7,10,12H,4,8-9,11H2,1-3H3,(H,18,19). The Morgan fingerprint density at radius 2 is 2.10 bits per heavy atom. The van der Waals surface area contributed by atoms with Gasteiger partial charge in [-0.3, -0.25) is 9.59 Å². The number of carboxylic acid groups (broad SMARTS) is 1. The highest BCUT2D eigenvalue weighted by atomic mass is 16.5. The first kappa shape index (κ1) is 17.2. The molecule has 0 saturated carbocycles. The first-order valence-electron chi connectivity index (χ1n) is 7.10. The largest absolute Gasteiger partial charge is 0.481 e. The molecule has 21 heavy (non-hydrogen) atoms. The molecule has 1 aromatic rings. The number of aliphatic carboxylic acids is 1. The zero-order chi connectivity index (χ0) is 15.8. The summed E-state index contributed by atoms with van der Waals surface area (Å²) < 4.78 is 5.07. The van der Waals surface area contributed by atoms with Gasteiger partial charge in [-0.15, -0.1) is 0 Å². The van der Waals surface area contributed by atoms with Gasteiger partial charge in [0.2, 0.25) is 0 Å². The van der Waals surface area contributed by atoms with Gasteiger partial charge in [0.05, 0.1) is 13.0 Å². The van der Waals surface area contributed by atoms with Crippen LogP contribution < -0.4 is 0 Å². The van der Waals surface area contributed by atoms with Crippen molar-refractivity contribution in [3.8, 4) is 0 Å². The van der Waals surface area contributed by atoms with Crippen LogP contribution in [0.15, 0.2) is 24.3 Å². The number of amides is 1. The zero-order valence-electron chi connectivity index (χ0n) is 12.8.